The van der Waals surface area contributed by atoms with Gasteiger partial charge >= 0.3 is 0 Å². The number of hydrogen-bond acceptors (Lipinski definition) is 1. The van der Waals surface area contributed by atoms with E-state index in [0.29, 0.717) is 0 Å². The van der Waals surface area contributed by atoms with Gasteiger partial charge in [0.25, 0.3) is 5.92 Å². The molecule has 4 heteroatoms. The second-order valence-electron chi connectivity index (χ2n) is 2.40. The molecule has 1 aliphatic carbocycles. The van der Waals surface area contributed by atoms with Gasteiger partial charge in [-0.1, -0.05) is 11.2 Å². The number of rotatable bonds is 2. The summed E-state index contributed by atoms with van der Waals surface area (Å²) in [6.07, 6.45) is 1.39. The van der Waals surface area contributed by atoms with E-state index in [1.807, 2.05) is 0 Å². The van der Waals surface area contributed by atoms with E-state index in [1.165, 1.54) is 6.26 Å². The Morgan fingerprint density at radius 3 is 2.33 bits per heavy atom. The maximum Gasteiger partial charge on any atom is 0.256 e. The number of alkyl halides is 2. The smallest absolute Gasteiger partial charge is 0.256 e. The summed E-state index contributed by atoms with van der Waals surface area (Å²) < 4.78 is 34.4. The highest BCUT2D eigenvalue weighted by molar-refractivity contribution is 7.90. The van der Waals surface area contributed by atoms with Crippen LogP contribution in [0.1, 0.15) is 6.42 Å². The lowest BCUT2D eigenvalue weighted by atomic mass is 10.5. The molecule has 0 aromatic rings. The number of hydrogen-bond donors (Lipinski definition) is 0. The average molecular weight is 154 g/mol. The van der Waals surface area contributed by atoms with Crippen LogP contribution in [0.15, 0.2) is 0 Å². The Bertz CT molecular complexity index is 116. The molecule has 0 heterocycles. The predicted molar refractivity (Wildman–Crippen MR) is 32.0 cm³/mol. The molecule has 0 N–H and O–H groups in total. The summed E-state index contributed by atoms with van der Waals surface area (Å²) >= 11 is -1.06. The van der Waals surface area contributed by atoms with Gasteiger partial charge in [-0.05, 0) is 0 Å². The fraction of sp³-hybridized carbons (Fsp3) is 1.00. The van der Waals surface area contributed by atoms with Crippen molar-refractivity contribution < 1.29 is 13.3 Å². The van der Waals surface area contributed by atoms with Crippen molar-refractivity contribution in [1.29, 1.82) is 0 Å². The third-order valence-electron chi connectivity index (χ3n) is 1.39. The molecule has 1 fully saturated rings. The maximum atomic E-state index is 12.0. The van der Waals surface area contributed by atoms with Crippen molar-refractivity contribution in [1.82, 2.24) is 0 Å². The maximum absolute atomic E-state index is 12.0. The first-order valence-corrected chi connectivity index (χ1v) is 4.43. The van der Waals surface area contributed by atoms with Crippen LogP contribution < -0.4 is 0 Å². The van der Waals surface area contributed by atoms with Gasteiger partial charge in [-0.25, -0.2) is 8.78 Å². The topological polar surface area (TPSA) is 23.1 Å². The van der Waals surface area contributed by atoms with E-state index in [2.05, 4.69) is 0 Å². The molecule has 2 atom stereocenters. The van der Waals surface area contributed by atoms with Crippen LogP contribution >= 0.6 is 0 Å². The number of halogens is 2. The highest BCUT2D eigenvalue weighted by Gasteiger charge is 2.58. The molecule has 9 heavy (non-hydrogen) atoms. The SMILES string of the molecule is C[S+]([O-])CC1CC1(F)F. The molecular weight excluding hydrogens is 146 g/mol. The molecule has 0 saturated heterocycles. The molecule has 0 bridgehead atoms. The van der Waals surface area contributed by atoms with Crippen LogP contribution in [-0.2, 0) is 11.2 Å². The molecule has 0 radical (unpaired) electrons. The summed E-state index contributed by atoms with van der Waals surface area (Å²) in [5.41, 5.74) is 0. The van der Waals surface area contributed by atoms with Crippen LogP contribution in [0.5, 0.6) is 0 Å². The van der Waals surface area contributed by atoms with E-state index >= 15 is 0 Å². The molecule has 54 valence electrons. The monoisotopic (exact) mass is 154 g/mol. The summed E-state index contributed by atoms with van der Waals surface area (Å²) in [6, 6.07) is 0. The lowest BCUT2D eigenvalue weighted by molar-refractivity contribution is 0.103. The molecule has 0 aliphatic heterocycles. The summed E-state index contributed by atoms with van der Waals surface area (Å²) in [4.78, 5) is 0. The summed E-state index contributed by atoms with van der Waals surface area (Å²) in [5, 5.41) is 0. The zero-order valence-electron chi connectivity index (χ0n) is 5.06. The molecule has 1 aliphatic rings. The first kappa shape index (κ1) is 7.28. The Morgan fingerprint density at radius 1 is 1.78 bits per heavy atom. The third kappa shape index (κ3) is 1.79. The van der Waals surface area contributed by atoms with Crippen molar-refractivity contribution in [3.8, 4) is 0 Å². The standard InChI is InChI=1S/C5H8F2OS/c1-9(8)3-4-2-5(4,6)7/h4H,2-3H2,1H3. The van der Waals surface area contributed by atoms with Crippen LogP contribution in [0.25, 0.3) is 0 Å². The largest absolute Gasteiger partial charge is 0.617 e. The van der Waals surface area contributed by atoms with Gasteiger partial charge in [-0.3, -0.25) is 0 Å². The molecule has 0 aromatic carbocycles. The summed E-state index contributed by atoms with van der Waals surface area (Å²) in [7, 11) is 0. The Kier molecular flexibility index (Phi) is 1.69. The fourth-order valence-electron chi connectivity index (χ4n) is 0.734. The van der Waals surface area contributed by atoms with Crippen LogP contribution in [-0.4, -0.2) is 22.5 Å². The fourth-order valence-corrected chi connectivity index (χ4v) is 1.66. The minimum Gasteiger partial charge on any atom is -0.617 e. The summed E-state index contributed by atoms with van der Waals surface area (Å²) in [5.74, 6) is -2.93. The van der Waals surface area contributed by atoms with E-state index in [9.17, 15) is 13.3 Å². The zero-order chi connectivity index (χ0) is 7.07. The van der Waals surface area contributed by atoms with Crippen molar-refractivity contribution >= 4 is 11.2 Å². The molecule has 2 unspecified atom stereocenters. The van der Waals surface area contributed by atoms with Gasteiger partial charge in [-0.15, -0.1) is 0 Å². The predicted octanol–water partition coefficient (Wildman–Crippen LogP) is 1.02. The van der Waals surface area contributed by atoms with Gasteiger partial charge in [0.1, 0.15) is 5.75 Å². The molecule has 1 nitrogen and oxygen atoms in total. The minimum absolute atomic E-state index is 0.0629. The Labute approximate surface area is 55.6 Å². The highest BCUT2D eigenvalue weighted by atomic mass is 32.2. The van der Waals surface area contributed by atoms with Crippen LogP contribution in [0.4, 0.5) is 8.78 Å². The van der Waals surface area contributed by atoms with E-state index in [4.69, 9.17) is 0 Å². The molecular formula is C5H8F2OS. The summed E-state index contributed by atoms with van der Waals surface area (Å²) in [6.45, 7) is 0. The van der Waals surface area contributed by atoms with Gasteiger partial charge in [0, 0.05) is 6.42 Å². The second-order valence-corrected chi connectivity index (χ2v) is 3.88. The van der Waals surface area contributed by atoms with Gasteiger partial charge in [0.2, 0.25) is 0 Å². The molecule has 1 saturated carbocycles. The normalized spacial score (nSPS) is 34.0. The van der Waals surface area contributed by atoms with Crippen LogP contribution in [0.2, 0.25) is 0 Å². The van der Waals surface area contributed by atoms with E-state index in [-0.39, 0.29) is 12.2 Å². The second kappa shape index (κ2) is 2.09. The molecule has 0 amide bonds. The molecule has 1 rings (SSSR count). The quantitative estimate of drug-likeness (QED) is 0.544. The third-order valence-corrected chi connectivity index (χ3v) is 2.26. The van der Waals surface area contributed by atoms with Gasteiger partial charge in [-0.2, -0.15) is 0 Å². The molecule has 0 spiro atoms. The molecule has 0 aromatic heterocycles. The first-order valence-electron chi connectivity index (χ1n) is 2.70. The van der Waals surface area contributed by atoms with Crippen LogP contribution in [0, 0.1) is 5.92 Å². The Hall–Kier alpha value is 0.170. The Balaban J connectivity index is 2.20. The van der Waals surface area contributed by atoms with Gasteiger partial charge < -0.3 is 4.55 Å². The first-order chi connectivity index (χ1) is 4.02. The van der Waals surface area contributed by atoms with E-state index in [1.54, 1.807) is 0 Å². The zero-order valence-corrected chi connectivity index (χ0v) is 5.88. The average Bonchev–Trinajstić information content (AvgIpc) is 2.10. The Morgan fingerprint density at radius 2 is 2.22 bits per heavy atom. The lowest BCUT2D eigenvalue weighted by Crippen LogP contribution is -2.08. The van der Waals surface area contributed by atoms with Crippen molar-refractivity contribution in [2.75, 3.05) is 12.0 Å². The highest BCUT2D eigenvalue weighted by Crippen LogP contribution is 2.48. The van der Waals surface area contributed by atoms with Crippen molar-refractivity contribution in [2.24, 2.45) is 5.92 Å². The lowest BCUT2D eigenvalue weighted by Gasteiger charge is -2.01. The van der Waals surface area contributed by atoms with Gasteiger partial charge in [0.05, 0.1) is 12.2 Å². The van der Waals surface area contributed by atoms with Crippen molar-refractivity contribution in [2.45, 2.75) is 12.3 Å². The van der Waals surface area contributed by atoms with Gasteiger partial charge in [0.15, 0.2) is 0 Å². The van der Waals surface area contributed by atoms with E-state index < -0.39 is 23.0 Å². The van der Waals surface area contributed by atoms with Crippen LogP contribution in [0.3, 0.4) is 0 Å². The van der Waals surface area contributed by atoms with Crippen molar-refractivity contribution in [3.63, 3.8) is 0 Å². The minimum atomic E-state index is -2.49. The van der Waals surface area contributed by atoms with E-state index in [0.717, 1.165) is 0 Å². The van der Waals surface area contributed by atoms with Crippen molar-refractivity contribution in [3.05, 3.63) is 0 Å².